The highest BCUT2D eigenvalue weighted by Crippen LogP contribution is 2.34. The normalized spacial score (nSPS) is 15.4. The van der Waals surface area contributed by atoms with Gasteiger partial charge in [0.15, 0.2) is 0 Å². The van der Waals surface area contributed by atoms with E-state index in [2.05, 4.69) is 23.1 Å². The molecule has 0 radical (unpaired) electrons. The molecular weight excluding hydrogens is 428 g/mol. The summed E-state index contributed by atoms with van der Waals surface area (Å²) in [5.41, 5.74) is 2.95. The molecule has 5 nitrogen and oxygen atoms in total. The lowest BCUT2D eigenvalue weighted by atomic mass is 9.98. The minimum absolute atomic E-state index is 0.0291. The molecule has 0 aliphatic carbocycles. The van der Waals surface area contributed by atoms with E-state index in [1.54, 1.807) is 4.68 Å². The molecule has 164 valence electrons. The standard InChI is InChI=1S/C27H24N4OS/c32-27-22-11-5-4-10-21(22)25(19-8-2-1-3-9-19)29-31(27)18-30-16-14-20(15-17-30)26-28-23-12-6-7-13-24(23)33-26/h1-13,20H,14-18H2. The summed E-state index contributed by atoms with van der Waals surface area (Å²) in [6, 6.07) is 26.2. The van der Waals surface area contributed by atoms with Crippen LogP contribution in [0.4, 0.5) is 0 Å². The average Bonchev–Trinajstić information content (AvgIpc) is 3.31. The highest BCUT2D eigenvalue weighted by Gasteiger charge is 2.24. The van der Waals surface area contributed by atoms with Crippen LogP contribution in [0.1, 0.15) is 23.8 Å². The minimum atomic E-state index is -0.0291. The van der Waals surface area contributed by atoms with E-state index in [0.717, 1.165) is 53.5 Å². The molecule has 0 unspecified atom stereocenters. The molecule has 0 bridgehead atoms. The second-order valence-electron chi connectivity index (χ2n) is 8.62. The summed E-state index contributed by atoms with van der Waals surface area (Å²) in [4.78, 5) is 20.4. The van der Waals surface area contributed by atoms with Crippen molar-refractivity contribution in [3.05, 3.63) is 94.2 Å². The number of fused-ring (bicyclic) bond motifs is 2. The fraction of sp³-hybridized carbons (Fsp3) is 0.222. The average molecular weight is 453 g/mol. The summed E-state index contributed by atoms with van der Waals surface area (Å²) in [7, 11) is 0. The molecule has 0 saturated carbocycles. The van der Waals surface area contributed by atoms with Gasteiger partial charge in [-0.15, -0.1) is 11.3 Å². The molecule has 0 amide bonds. The van der Waals surface area contributed by atoms with Gasteiger partial charge in [-0.1, -0.05) is 60.7 Å². The number of thiazole rings is 1. The summed E-state index contributed by atoms with van der Waals surface area (Å²) in [5, 5.41) is 7.68. The van der Waals surface area contributed by atoms with Crippen LogP contribution in [0, 0.1) is 0 Å². The Morgan fingerprint density at radius 2 is 1.55 bits per heavy atom. The second-order valence-corrected chi connectivity index (χ2v) is 9.68. The van der Waals surface area contributed by atoms with Gasteiger partial charge < -0.3 is 0 Å². The predicted molar refractivity (Wildman–Crippen MR) is 135 cm³/mol. The van der Waals surface area contributed by atoms with Crippen molar-refractivity contribution in [3.8, 4) is 11.3 Å². The Morgan fingerprint density at radius 3 is 2.33 bits per heavy atom. The van der Waals surface area contributed by atoms with Crippen LogP contribution < -0.4 is 5.56 Å². The summed E-state index contributed by atoms with van der Waals surface area (Å²) >= 11 is 1.82. The van der Waals surface area contributed by atoms with E-state index >= 15 is 0 Å². The lowest BCUT2D eigenvalue weighted by molar-refractivity contribution is 0.159. The topological polar surface area (TPSA) is 51.0 Å². The Labute approximate surface area is 195 Å². The van der Waals surface area contributed by atoms with Crippen molar-refractivity contribution in [1.29, 1.82) is 0 Å². The van der Waals surface area contributed by atoms with Crippen molar-refractivity contribution in [3.63, 3.8) is 0 Å². The first-order valence-electron chi connectivity index (χ1n) is 11.4. The van der Waals surface area contributed by atoms with Crippen molar-refractivity contribution >= 4 is 32.3 Å². The number of rotatable bonds is 4. The number of hydrogen-bond donors (Lipinski definition) is 0. The molecule has 6 heteroatoms. The molecule has 6 rings (SSSR count). The lowest BCUT2D eigenvalue weighted by Crippen LogP contribution is -2.38. The molecule has 0 atom stereocenters. The molecule has 33 heavy (non-hydrogen) atoms. The Kier molecular flexibility index (Phi) is 5.24. The SMILES string of the molecule is O=c1c2ccccc2c(-c2ccccc2)nn1CN1CCC(c2nc3ccccc3s2)CC1. The number of benzene rings is 3. The highest BCUT2D eigenvalue weighted by atomic mass is 32.1. The van der Waals surface area contributed by atoms with Gasteiger partial charge in [0.25, 0.3) is 5.56 Å². The first kappa shape index (κ1) is 20.3. The van der Waals surface area contributed by atoms with Crippen molar-refractivity contribution < 1.29 is 0 Å². The molecule has 1 aliphatic rings. The molecule has 2 aromatic heterocycles. The van der Waals surface area contributed by atoms with Gasteiger partial charge in [-0.3, -0.25) is 9.69 Å². The van der Waals surface area contributed by atoms with Crippen LogP contribution in [0.3, 0.4) is 0 Å². The van der Waals surface area contributed by atoms with Crippen LogP contribution in [0.25, 0.3) is 32.2 Å². The monoisotopic (exact) mass is 452 g/mol. The van der Waals surface area contributed by atoms with Crippen LogP contribution in [-0.4, -0.2) is 32.8 Å². The zero-order valence-corrected chi connectivity index (χ0v) is 19.0. The third-order valence-corrected chi connectivity index (χ3v) is 7.70. The summed E-state index contributed by atoms with van der Waals surface area (Å²) < 4.78 is 2.90. The van der Waals surface area contributed by atoms with E-state index in [-0.39, 0.29) is 5.56 Å². The molecule has 1 fully saturated rings. The van der Waals surface area contributed by atoms with Crippen LogP contribution in [0.15, 0.2) is 83.7 Å². The van der Waals surface area contributed by atoms with E-state index in [0.29, 0.717) is 12.6 Å². The molecule has 1 saturated heterocycles. The third kappa shape index (κ3) is 3.86. The largest absolute Gasteiger partial charge is 0.284 e. The van der Waals surface area contributed by atoms with Gasteiger partial charge >= 0.3 is 0 Å². The Bertz CT molecular complexity index is 1450. The van der Waals surface area contributed by atoms with Crippen LogP contribution in [0.5, 0.6) is 0 Å². The van der Waals surface area contributed by atoms with Crippen molar-refractivity contribution in [2.24, 2.45) is 0 Å². The maximum Gasteiger partial charge on any atom is 0.275 e. The summed E-state index contributed by atoms with van der Waals surface area (Å²) in [6.07, 6.45) is 2.10. The maximum absolute atomic E-state index is 13.2. The Morgan fingerprint density at radius 1 is 0.848 bits per heavy atom. The van der Waals surface area contributed by atoms with E-state index in [1.807, 2.05) is 72.0 Å². The maximum atomic E-state index is 13.2. The van der Waals surface area contributed by atoms with Crippen molar-refractivity contribution in [1.82, 2.24) is 19.7 Å². The zero-order chi connectivity index (χ0) is 22.2. The van der Waals surface area contributed by atoms with E-state index in [1.165, 1.54) is 9.71 Å². The number of hydrogen-bond acceptors (Lipinski definition) is 5. The second kappa shape index (κ2) is 8.54. The quantitative estimate of drug-likeness (QED) is 0.361. The summed E-state index contributed by atoms with van der Waals surface area (Å²) in [5.74, 6) is 0.486. The number of piperidine rings is 1. The molecule has 0 N–H and O–H groups in total. The molecular formula is C27H24N4OS. The molecule has 1 aliphatic heterocycles. The zero-order valence-electron chi connectivity index (χ0n) is 18.2. The summed E-state index contributed by atoms with van der Waals surface area (Å²) in [6.45, 7) is 2.38. The van der Waals surface area contributed by atoms with Gasteiger partial charge in [-0.25, -0.2) is 9.67 Å². The van der Waals surface area contributed by atoms with Gasteiger partial charge in [0.2, 0.25) is 0 Å². The minimum Gasteiger partial charge on any atom is -0.284 e. The van der Waals surface area contributed by atoms with Gasteiger partial charge in [0.1, 0.15) is 0 Å². The van der Waals surface area contributed by atoms with E-state index < -0.39 is 0 Å². The van der Waals surface area contributed by atoms with Crippen molar-refractivity contribution in [2.45, 2.75) is 25.4 Å². The first-order chi connectivity index (χ1) is 16.3. The highest BCUT2D eigenvalue weighted by molar-refractivity contribution is 7.18. The lowest BCUT2D eigenvalue weighted by Gasteiger charge is -2.31. The molecule has 3 heterocycles. The predicted octanol–water partition coefficient (Wildman–Crippen LogP) is 5.51. The third-order valence-electron chi connectivity index (χ3n) is 6.50. The number of para-hydroxylation sites is 1. The van der Waals surface area contributed by atoms with Gasteiger partial charge in [-0.2, -0.15) is 5.10 Å². The van der Waals surface area contributed by atoms with Crippen LogP contribution in [-0.2, 0) is 6.67 Å². The van der Waals surface area contributed by atoms with Gasteiger partial charge in [-0.05, 0) is 31.0 Å². The van der Waals surface area contributed by atoms with Crippen molar-refractivity contribution in [2.75, 3.05) is 13.1 Å². The number of nitrogens with zero attached hydrogens (tertiary/aromatic N) is 4. The van der Waals surface area contributed by atoms with Gasteiger partial charge in [0.05, 0.1) is 33.0 Å². The molecule has 5 aromatic rings. The van der Waals surface area contributed by atoms with Crippen LogP contribution in [0.2, 0.25) is 0 Å². The first-order valence-corrected chi connectivity index (χ1v) is 12.2. The fourth-order valence-corrected chi connectivity index (χ4v) is 5.85. The van der Waals surface area contributed by atoms with Gasteiger partial charge in [0, 0.05) is 30.0 Å². The Hall–Kier alpha value is -3.35. The smallest absolute Gasteiger partial charge is 0.275 e. The fourth-order valence-electron chi connectivity index (χ4n) is 4.72. The van der Waals surface area contributed by atoms with E-state index in [9.17, 15) is 4.79 Å². The van der Waals surface area contributed by atoms with Crippen LogP contribution >= 0.6 is 11.3 Å². The van der Waals surface area contributed by atoms with E-state index in [4.69, 9.17) is 10.1 Å². The number of aromatic nitrogens is 3. The Balaban J connectivity index is 1.25. The molecule has 3 aromatic carbocycles. The molecule has 0 spiro atoms. The number of likely N-dealkylation sites (tertiary alicyclic amines) is 1.